The molecule has 0 radical (unpaired) electrons. The number of halogens is 1. The molecule has 4 rings (SSSR count). The van der Waals surface area contributed by atoms with Crippen LogP contribution in [0.1, 0.15) is 22.3 Å². The highest BCUT2D eigenvalue weighted by Crippen LogP contribution is 2.21. The second-order valence-electron chi connectivity index (χ2n) is 7.41. The Morgan fingerprint density at radius 2 is 1.71 bits per heavy atom. The zero-order chi connectivity index (χ0) is 21.8. The molecule has 31 heavy (non-hydrogen) atoms. The highest BCUT2D eigenvalue weighted by molar-refractivity contribution is 9.10. The first-order chi connectivity index (χ1) is 15.0. The SMILES string of the molecule is Cc1ccc(Cn2cc(Br)c(NC(=S)Nc3ccn(Cc4ccccc4C)n3)n2)cc1. The minimum atomic E-state index is 0.433. The average Bonchev–Trinajstić information content (AvgIpc) is 3.31. The average molecular weight is 495 g/mol. The van der Waals surface area contributed by atoms with Crippen LogP contribution in [0.25, 0.3) is 0 Å². The molecule has 2 N–H and O–H groups in total. The van der Waals surface area contributed by atoms with E-state index in [2.05, 4.69) is 87.0 Å². The number of hydrogen-bond donors (Lipinski definition) is 2. The Bertz CT molecular complexity index is 1200. The molecule has 0 fully saturated rings. The van der Waals surface area contributed by atoms with E-state index in [0.717, 1.165) is 4.47 Å². The zero-order valence-electron chi connectivity index (χ0n) is 17.3. The van der Waals surface area contributed by atoms with Gasteiger partial charge in [-0.2, -0.15) is 10.2 Å². The zero-order valence-corrected chi connectivity index (χ0v) is 19.7. The summed E-state index contributed by atoms with van der Waals surface area (Å²) < 4.78 is 4.60. The summed E-state index contributed by atoms with van der Waals surface area (Å²) in [4.78, 5) is 0. The molecule has 8 heteroatoms. The van der Waals surface area contributed by atoms with E-state index in [0.29, 0.717) is 29.8 Å². The third-order valence-electron chi connectivity index (χ3n) is 4.89. The molecule has 2 heterocycles. The summed E-state index contributed by atoms with van der Waals surface area (Å²) in [6, 6.07) is 18.6. The van der Waals surface area contributed by atoms with E-state index in [1.807, 2.05) is 40.0 Å². The maximum atomic E-state index is 5.45. The quantitative estimate of drug-likeness (QED) is 0.353. The summed E-state index contributed by atoms with van der Waals surface area (Å²) in [6.07, 6.45) is 3.87. The number of aryl methyl sites for hydroxylation is 2. The lowest BCUT2D eigenvalue weighted by molar-refractivity contribution is 0.687. The van der Waals surface area contributed by atoms with Crippen LogP contribution in [0.3, 0.4) is 0 Å². The third-order valence-corrected chi connectivity index (χ3v) is 5.67. The second kappa shape index (κ2) is 9.45. The van der Waals surface area contributed by atoms with Gasteiger partial charge in [0, 0.05) is 18.5 Å². The highest BCUT2D eigenvalue weighted by atomic mass is 79.9. The molecule has 0 aliphatic carbocycles. The molecular weight excluding hydrogens is 472 g/mol. The lowest BCUT2D eigenvalue weighted by atomic mass is 10.1. The maximum Gasteiger partial charge on any atom is 0.177 e. The van der Waals surface area contributed by atoms with E-state index < -0.39 is 0 Å². The van der Waals surface area contributed by atoms with Gasteiger partial charge >= 0.3 is 0 Å². The molecule has 4 aromatic rings. The van der Waals surface area contributed by atoms with E-state index in [4.69, 9.17) is 12.2 Å². The van der Waals surface area contributed by atoms with Gasteiger partial charge in [0.25, 0.3) is 0 Å². The number of aromatic nitrogens is 4. The van der Waals surface area contributed by atoms with Gasteiger partial charge in [-0.1, -0.05) is 54.1 Å². The molecule has 0 aliphatic heterocycles. The van der Waals surface area contributed by atoms with Crippen molar-refractivity contribution in [1.29, 1.82) is 0 Å². The van der Waals surface area contributed by atoms with E-state index in [1.54, 1.807) is 0 Å². The molecule has 0 saturated heterocycles. The van der Waals surface area contributed by atoms with Crippen molar-refractivity contribution in [3.8, 4) is 0 Å². The smallest absolute Gasteiger partial charge is 0.177 e. The van der Waals surface area contributed by atoms with Crippen molar-refractivity contribution in [2.24, 2.45) is 0 Å². The van der Waals surface area contributed by atoms with Crippen molar-refractivity contribution in [1.82, 2.24) is 19.6 Å². The lowest BCUT2D eigenvalue weighted by Crippen LogP contribution is -2.20. The number of nitrogens with one attached hydrogen (secondary N) is 2. The number of nitrogens with zero attached hydrogens (tertiary/aromatic N) is 4. The Kier molecular flexibility index (Phi) is 6.48. The van der Waals surface area contributed by atoms with Gasteiger partial charge < -0.3 is 10.6 Å². The molecule has 2 aromatic heterocycles. The van der Waals surface area contributed by atoms with E-state index in [-0.39, 0.29) is 0 Å². The molecule has 2 aromatic carbocycles. The van der Waals surface area contributed by atoms with Gasteiger partial charge in [0.1, 0.15) is 0 Å². The van der Waals surface area contributed by atoms with Crippen molar-refractivity contribution in [2.75, 3.05) is 10.6 Å². The number of benzene rings is 2. The Morgan fingerprint density at radius 1 is 0.935 bits per heavy atom. The predicted octanol–water partition coefficient (Wildman–Crippen LogP) is 5.36. The van der Waals surface area contributed by atoms with E-state index in [1.165, 1.54) is 22.3 Å². The lowest BCUT2D eigenvalue weighted by Gasteiger charge is -2.07. The fourth-order valence-corrected chi connectivity index (χ4v) is 3.79. The molecule has 0 amide bonds. The fourth-order valence-electron chi connectivity index (χ4n) is 3.18. The van der Waals surface area contributed by atoms with Crippen LogP contribution in [-0.4, -0.2) is 24.7 Å². The van der Waals surface area contributed by atoms with Crippen molar-refractivity contribution < 1.29 is 0 Å². The maximum absolute atomic E-state index is 5.45. The summed E-state index contributed by atoms with van der Waals surface area (Å²) in [5, 5.41) is 15.8. The number of thiocarbonyl (C=S) groups is 1. The fraction of sp³-hybridized carbons (Fsp3) is 0.174. The van der Waals surface area contributed by atoms with Crippen LogP contribution in [0, 0.1) is 13.8 Å². The first-order valence-electron chi connectivity index (χ1n) is 9.91. The number of rotatable bonds is 6. The molecule has 0 bridgehead atoms. The van der Waals surface area contributed by atoms with E-state index in [9.17, 15) is 0 Å². The summed E-state index contributed by atoms with van der Waals surface area (Å²) in [6.45, 7) is 5.58. The summed E-state index contributed by atoms with van der Waals surface area (Å²) in [5.41, 5.74) is 4.91. The van der Waals surface area contributed by atoms with Gasteiger partial charge in [0.05, 0.1) is 17.6 Å². The van der Waals surface area contributed by atoms with Crippen LogP contribution in [-0.2, 0) is 13.1 Å². The van der Waals surface area contributed by atoms with Crippen LogP contribution in [0.15, 0.2) is 71.5 Å². The minimum Gasteiger partial charge on any atom is -0.316 e. The van der Waals surface area contributed by atoms with Crippen LogP contribution >= 0.6 is 28.1 Å². The molecule has 6 nitrogen and oxygen atoms in total. The normalized spacial score (nSPS) is 10.8. The largest absolute Gasteiger partial charge is 0.316 e. The molecular formula is C23H23BrN6S. The molecule has 0 spiro atoms. The topological polar surface area (TPSA) is 59.7 Å². The first kappa shape index (κ1) is 21.3. The molecule has 0 unspecified atom stereocenters. The number of hydrogen-bond acceptors (Lipinski definition) is 3. The Labute approximate surface area is 195 Å². The van der Waals surface area contributed by atoms with Gasteiger partial charge in [-0.05, 0) is 58.7 Å². The minimum absolute atomic E-state index is 0.433. The summed E-state index contributed by atoms with van der Waals surface area (Å²) >= 11 is 9.00. The molecule has 0 saturated carbocycles. The van der Waals surface area contributed by atoms with E-state index >= 15 is 0 Å². The number of anilines is 2. The first-order valence-corrected chi connectivity index (χ1v) is 11.1. The second-order valence-corrected chi connectivity index (χ2v) is 8.68. The van der Waals surface area contributed by atoms with Crippen molar-refractivity contribution in [3.63, 3.8) is 0 Å². The molecule has 158 valence electrons. The van der Waals surface area contributed by atoms with Gasteiger partial charge in [-0.25, -0.2) is 0 Å². The van der Waals surface area contributed by atoms with Crippen LogP contribution in [0.4, 0.5) is 11.6 Å². The van der Waals surface area contributed by atoms with Crippen molar-refractivity contribution in [2.45, 2.75) is 26.9 Å². The third kappa shape index (κ3) is 5.59. The van der Waals surface area contributed by atoms with Crippen molar-refractivity contribution in [3.05, 3.63) is 93.7 Å². The summed E-state index contributed by atoms with van der Waals surface area (Å²) in [5.74, 6) is 1.34. The molecule has 0 aliphatic rings. The van der Waals surface area contributed by atoms with Crippen LogP contribution in [0.5, 0.6) is 0 Å². The van der Waals surface area contributed by atoms with Crippen LogP contribution < -0.4 is 10.6 Å². The Hall–Kier alpha value is -2.97. The van der Waals surface area contributed by atoms with Gasteiger partial charge in [0.15, 0.2) is 16.7 Å². The Morgan fingerprint density at radius 3 is 2.48 bits per heavy atom. The van der Waals surface area contributed by atoms with Gasteiger partial charge in [0.2, 0.25) is 0 Å². The predicted molar refractivity (Wildman–Crippen MR) is 133 cm³/mol. The van der Waals surface area contributed by atoms with Crippen molar-refractivity contribution >= 4 is 44.9 Å². The molecule has 0 atom stereocenters. The standard InChI is InChI=1S/C23H23BrN6S/c1-16-7-9-18(10-8-16)13-30-15-20(24)22(28-30)26-23(31)25-21-11-12-29(27-21)14-19-6-4-3-5-17(19)2/h3-12,15H,13-14H2,1-2H3,(H2,25,26,27,28,31). The Balaban J connectivity index is 1.36. The monoisotopic (exact) mass is 494 g/mol. The summed E-state index contributed by atoms with van der Waals surface area (Å²) in [7, 11) is 0. The highest BCUT2D eigenvalue weighted by Gasteiger charge is 2.10. The van der Waals surface area contributed by atoms with Gasteiger partial charge in [-0.3, -0.25) is 9.36 Å². The van der Waals surface area contributed by atoms with Crippen LogP contribution in [0.2, 0.25) is 0 Å². The van der Waals surface area contributed by atoms with Gasteiger partial charge in [-0.15, -0.1) is 0 Å².